The lowest BCUT2D eigenvalue weighted by Gasteiger charge is -2.10. The monoisotopic (exact) mass is 336 g/mol. The Labute approximate surface area is 146 Å². The third-order valence-corrected chi connectivity index (χ3v) is 3.80. The van der Waals surface area contributed by atoms with Gasteiger partial charge < -0.3 is 15.1 Å². The van der Waals surface area contributed by atoms with Crippen molar-refractivity contribution in [2.75, 3.05) is 5.32 Å². The van der Waals surface area contributed by atoms with Gasteiger partial charge in [0.05, 0.1) is 12.8 Å². The van der Waals surface area contributed by atoms with Gasteiger partial charge in [0.1, 0.15) is 23.1 Å². The van der Waals surface area contributed by atoms with Gasteiger partial charge in [-0.1, -0.05) is 24.3 Å². The predicted molar refractivity (Wildman–Crippen MR) is 95.2 cm³/mol. The lowest BCUT2D eigenvalue weighted by molar-refractivity contribution is 0.0942. The van der Waals surface area contributed by atoms with Crippen molar-refractivity contribution >= 4 is 11.7 Å². The van der Waals surface area contributed by atoms with Crippen LogP contribution in [0.25, 0.3) is 0 Å². The molecule has 0 radical (unpaired) electrons. The second-order valence-corrected chi connectivity index (χ2v) is 5.73. The molecule has 6 nitrogen and oxygen atoms in total. The molecule has 0 aliphatic carbocycles. The molecule has 0 spiro atoms. The van der Waals surface area contributed by atoms with Crippen LogP contribution in [0.3, 0.4) is 0 Å². The van der Waals surface area contributed by atoms with Crippen molar-refractivity contribution in [1.82, 2.24) is 15.3 Å². The van der Waals surface area contributed by atoms with Gasteiger partial charge in [-0.2, -0.15) is 0 Å². The second-order valence-electron chi connectivity index (χ2n) is 5.73. The lowest BCUT2D eigenvalue weighted by Crippen LogP contribution is -2.24. The SMILES string of the molecule is Cc1nc(NCc2ccccc2C)cc(C(=O)NCc2ccco2)n1. The van der Waals surface area contributed by atoms with Gasteiger partial charge in [0, 0.05) is 12.6 Å². The van der Waals surface area contributed by atoms with Crippen molar-refractivity contribution < 1.29 is 9.21 Å². The Morgan fingerprint density at radius 2 is 1.92 bits per heavy atom. The number of nitrogens with zero attached hydrogens (tertiary/aromatic N) is 2. The lowest BCUT2D eigenvalue weighted by atomic mass is 10.1. The number of aryl methyl sites for hydroxylation is 2. The summed E-state index contributed by atoms with van der Waals surface area (Å²) in [4.78, 5) is 20.9. The Balaban J connectivity index is 1.67. The van der Waals surface area contributed by atoms with E-state index >= 15 is 0 Å². The van der Waals surface area contributed by atoms with Crippen LogP contribution in [0.4, 0.5) is 5.82 Å². The molecule has 0 bridgehead atoms. The number of aromatic nitrogens is 2. The molecule has 2 heterocycles. The van der Waals surface area contributed by atoms with Gasteiger partial charge >= 0.3 is 0 Å². The van der Waals surface area contributed by atoms with Crippen LogP contribution in [-0.2, 0) is 13.1 Å². The summed E-state index contributed by atoms with van der Waals surface area (Å²) in [5.41, 5.74) is 2.71. The molecule has 2 aromatic heterocycles. The van der Waals surface area contributed by atoms with E-state index in [9.17, 15) is 4.79 Å². The zero-order valence-corrected chi connectivity index (χ0v) is 14.2. The predicted octanol–water partition coefficient (Wildman–Crippen LogP) is 3.23. The van der Waals surface area contributed by atoms with Gasteiger partial charge in [0.2, 0.25) is 0 Å². The van der Waals surface area contributed by atoms with Crippen LogP contribution >= 0.6 is 0 Å². The van der Waals surface area contributed by atoms with Crippen molar-refractivity contribution in [1.29, 1.82) is 0 Å². The van der Waals surface area contributed by atoms with Crippen molar-refractivity contribution in [2.24, 2.45) is 0 Å². The average Bonchev–Trinajstić information content (AvgIpc) is 3.12. The summed E-state index contributed by atoms with van der Waals surface area (Å²) in [6, 6.07) is 13.4. The van der Waals surface area contributed by atoms with Crippen LogP contribution in [0.1, 0.15) is 33.2 Å². The summed E-state index contributed by atoms with van der Waals surface area (Å²) >= 11 is 0. The van der Waals surface area contributed by atoms with Crippen LogP contribution in [0, 0.1) is 13.8 Å². The Bertz CT molecular complexity index is 860. The quantitative estimate of drug-likeness (QED) is 0.722. The van der Waals surface area contributed by atoms with Crippen LogP contribution < -0.4 is 10.6 Å². The molecule has 0 atom stereocenters. The standard InChI is InChI=1S/C19H20N4O2/c1-13-6-3-4-7-15(13)11-20-18-10-17(22-14(2)23-18)19(24)21-12-16-8-5-9-25-16/h3-10H,11-12H2,1-2H3,(H,21,24)(H,20,22,23). The van der Waals surface area contributed by atoms with Crippen molar-refractivity contribution in [3.05, 3.63) is 77.1 Å². The maximum absolute atomic E-state index is 12.3. The van der Waals surface area contributed by atoms with E-state index in [2.05, 4.69) is 39.7 Å². The molecule has 0 aliphatic heterocycles. The fourth-order valence-electron chi connectivity index (χ4n) is 2.44. The largest absolute Gasteiger partial charge is 0.467 e. The first-order valence-electron chi connectivity index (χ1n) is 8.06. The second kappa shape index (κ2) is 7.61. The van der Waals surface area contributed by atoms with Crippen LogP contribution in [0.15, 0.2) is 53.1 Å². The van der Waals surface area contributed by atoms with Gasteiger partial charge in [-0.05, 0) is 37.1 Å². The van der Waals surface area contributed by atoms with Crippen molar-refractivity contribution in [3.63, 3.8) is 0 Å². The molecule has 1 amide bonds. The Hall–Kier alpha value is -3.15. The number of benzene rings is 1. The van der Waals surface area contributed by atoms with Gasteiger partial charge in [-0.25, -0.2) is 9.97 Å². The van der Waals surface area contributed by atoms with E-state index in [1.54, 1.807) is 31.4 Å². The summed E-state index contributed by atoms with van der Waals surface area (Å²) < 4.78 is 5.21. The van der Waals surface area contributed by atoms with E-state index in [1.165, 1.54) is 11.1 Å². The molecule has 0 saturated carbocycles. The number of rotatable bonds is 6. The molecule has 0 saturated heterocycles. The van der Waals surface area contributed by atoms with E-state index in [0.717, 1.165) is 0 Å². The minimum absolute atomic E-state index is 0.263. The van der Waals surface area contributed by atoms with Gasteiger partial charge in [-0.15, -0.1) is 0 Å². The van der Waals surface area contributed by atoms with Crippen LogP contribution in [0.5, 0.6) is 0 Å². The number of amides is 1. The van der Waals surface area contributed by atoms with Crippen LogP contribution in [0.2, 0.25) is 0 Å². The number of furan rings is 1. The van der Waals surface area contributed by atoms with E-state index < -0.39 is 0 Å². The molecule has 128 valence electrons. The molecular formula is C19H20N4O2. The number of anilines is 1. The Morgan fingerprint density at radius 3 is 2.68 bits per heavy atom. The average molecular weight is 336 g/mol. The molecule has 0 unspecified atom stereocenters. The summed E-state index contributed by atoms with van der Waals surface area (Å²) in [7, 11) is 0. The zero-order chi connectivity index (χ0) is 17.6. The maximum atomic E-state index is 12.3. The third-order valence-electron chi connectivity index (χ3n) is 3.80. The first-order valence-corrected chi connectivity index (χ1v) is 8.06. The number of hydrogen-bond donors (Lipinski definition) is 2. The van der Waals surface area contributed by atoms with E-state index in [0.29, 0.717) is 36.2 Å². The highest BCUT2D eigenvalue weighted by Crippen LogP contribution is 2.12. The van der Waals surface area contributed by atoms with Gasteiger partial charge in [0.15, 0.2) is 0 Å². The Morgan fingerprint density at radius 1 is 1.08 bits per heavy atom. The first-order chi connectivity index (χ1) is 12.1. The smallest absolute Gasteiger partial charge is 0.270 e. The fraction of sp³-hybridized carbons (Fsp3) is 0.211. The van der Waals surface area contributed by atoms with Crippen molar-refractivity contribution in [3.8, 4) is 0 Å². The van der Waals surface area contributed by atoms with Crippen molar-refractivity contribution in [2.45, 2.75) is 26.9 Å². The maximum Gasteiger partial charge on any atom is 0.270 e. The van der Waals surface area contributed by atoms with Gasteiger partial charge in [-0.3, -0.25) is 4.79 Å². The minimum Gasteiger partial charge on any atom is -0.467 e. The molecule has 3 rings (SSSR count). The fourth-order valence-corrected chi connectivity index (χ4v) is 2.44. The highest BCUT2D eigenvalue weighted by atomic mass is 16.3. The van der Waals surface area contributed by atoms with E-state index in [1.807, 2.05) is 12.1 Å². The highest BCUT2D eigenvalue weighted by Gasteiger charge is 2.11. The minimum atomic E-state index is -0.263. The molecule has 2 N–H and O–H groups in total. The zero-order valence-electron chi connectivity index (χ0n) is 14.2. The third kappa shape index (κ3) is 4.44. The molecule has 0 fully saturated rings. The summed E-state index contributed by atoms with van der Waals surface area (Å²) in [5.74, 6) is 1.59. The molecule has 0 aliphatic rings. The van der Waals surface area contributed by atoms with E-state index in [-0.39, 0.29) is 5.91 Å². The Kier molecular flexibility index (Phi) is 5.09. The van der Waals surface area contributed by atoms with Crippen LogP contribution in [-0.4, -0.2) is 15.9 Å². The molecule has 6 heteroatoms. The first kappa shape index (κ1) is 16.7. The van der Waals surface area contributed by atoms with Gasteiger partial charge in [0.25, 0.3) is 5.91 Å². The number of nitrogens with one attached hydrogen (secondary N) is 2. The van der Waals surface area contributed by atoms with E-state index in [4.69, 9.17) is 4.42 Å². The number of carbonyl (C=O) groups excluding carboxylic acids is 1. The normalized spacial score (nSPS) is 10.5. The molecule has 25 heavy (non-hydrogen) atoms. The highest BCUT2D eigenvalue weighted by molar-refractivity contribution is 5.92. The topological polar surface area (TPSA) is 80.0 Å². The molecule has 1 aromatic carbocycles. The number of carbonyl (C=O) groups is 1. The summed E-state index contributed by atoms with van der Waals surface area (Å²) in [6.07, 6.45) is 1.57. The summed E-state index contributed by atoms with van der Waals surface area (Å²) in [5, 5.41) is 6.05. The number of hydrogen-bond acceptors (Lipinski definition) is 5. The summed E-state index contributed by atoms with van der Waals surface area (Å²) in [6.45, 7) is 4.79. The molecule has 3 aromatic rings. The molecular weight excluding hydrogens is 316 g/mol.